The summed E-state index contributed by atoms with van der Waals surface area (Å²) in [6.07, 6.45) is 2.67. The Morgan fingerprint density at radius 2 is 1.91 bits per heavy atom. The minimum atomic E-state index is -4.91. The van der Waals surface area contributed by atoms with Gasteiger partial charge in [-0.2, -0.15) is 8.42 Å². The van der Waals surface area contributed by atoms with Crippen LogP contribution in [0.4, 0.5) is 9.70 Å². The number of fused-ring (bicyclic) bond motifs is 1. The van der Waals surface area contributed by atoms with Crippen LogP contribution in [0.5, 0.6) is 0 Å². The average molecular weight is 493 g/mol. The summed E-state index contributed by atoms with van der Waals surface area (Å²) in [5.74, 6) is -1.22. The summed E-state index contributed by atoms with van der Waals surface area (Å²) in [5.41, 5.74) is -2.93. The summed E-state index contributed by atoms with van der Waals surface area (Å²) < 4.78 is 47.3. The molecule has 180 valence electrons. The molecular formula is C20H20FN5O7S. The van der Waals surface area contributed by atoms with Crippen molar-refractivity contribution in [2.45, 2.75) is 30.1 Å². The summed E-state index contributed by atoms with van der Waals surface area (Å²) in [4.78, 5) is 24.3. The molecule has 0 saturated heterocycles. The fourth-order valence-corrected chi connectivity index (χ4v) is 4.02. The summed E-state index contributed by atoms with van der Waals surface area (Å²) in [6.45, 7) is 2.26. The largest absolute Gasteiger partial charge is 0.506 e. The van der Waals surface area contributed by atoms with Crippen LogP contribution in [-0.4, -0.2) is 63.4 Å². The average Bonchev–Trinajstić information content (AvgIpc) is 3.31. The van der Waals surface area contributed by atoms with E-state index in [4.69, 9.17) is 9.47 Å². The molecule has 1 aliphatic heterocycles. The van der Waals surface area contributed by atoms with Crippen molar-refractivity contribution in [1.82, 2.24) is 19.5 Å². The fourth-order valence-electron chi connectivity index (χ4n) is 3.56. The van der Waals surface area contributed by atoms with E-state index >= 15 is 0 Å². The number of ether oxygens (including phenoxy) is 2. The normalized spacial score (nSPS) is 22.6. The predicted octanol–water partition coefficient (Wildman–Crippen LogP) is 1.61. The molecule has 34 heavy (non-hydrogen) atoms. The van der Waals surface area contributed by atoms with E-state index in [2.05, 4.69) is 20.3 Å². The molecule has 2 aromatic heterocycles. The van der Waals surface area contributed by atoms with Gasteiger partial charge in [-0.25, -0.2) is 19.7 Å². The molecule has 2 unspecified atom stereocenters. The maximum atomic E-state index is 13.0. The van der Waals surface area contributed by atoms with Gasteiger partial charge < -0.3 is 25.0 Å². The van der Waals surface area contributed by atoms with Crippen LogP contribution in [0.15, 0.2) is 53.3 Å². The van der Waals surface area contributed by atoms with Gasteiger partial charge in [-0.15, -0.1) is 3.89 Å². The molecule has 1 aliphatic rings. The second-order valence-electron chi connectivity index (χ2n) is 7.73. The molecule has 0 spiro atoms. The number of nitrogens with zero attached hydrogens (tertiary/aromatic N) is 4. The lowest BCUT2D eigenvalue weighted by Gasteiger charge is -2.36. The van der Waals surface area contributed by atoms with E-state index in [0.717, 1.165) is 24.3 Å². The van der Waals surface area contributed by atoms with Crippen LogP contribution in [0.1, 0.15) is 24.2 Å². The zero-order valence-electron chi connectivity index (χ0n) is 18.2. The number of hydrogen-bond donors (Lipinski definition) is 3. The number of anilines is 1. The van der Waals surface area contributed by atoms with E-state index in [1.54, 1.807) is 7.05 Å². The van der Waals surface area contributed by atoms with Gasteiger partial charge in [-0.3, -0.25) is 4.57 Å². The van der Waals surface area contributed by atoms with Crippen molar-refractivity contribution in [3.05, 3.63) is 54.0 Å². The zero-order chi connectivity index (χ0) is 24.9. The second kappa shape index (κ2) is 7.92. The van der Waals surface area contributed by atoms with Crippen molar-refractivity contribution >= 4 is 33.2 Å². The lowest BCUT2D eigenvalue weighted by Crippen LogP contribution is -2.50. The Morgan fingerprint density at radius 1 is 1.24 bits per heavy atom. The highest BCUT2D eigenvalue weighted by Gasteiger charge is 2.58. The van der Waals surface area contributed by atoms with E-state index < -0.39 is 44.8 Å². The lowest BCUT2D eigenvalue weighted by molar-refractivity contribution is -0.156. The highest BCUT2D eigenvalue weighted by atomic mass is 32.3. The van der Waals surface area contributed by atoms with Gasteiger partial charge in [-0.05, 0) is 38.1 Å². The van der Waals surface area contributed by atoms with Crippen LogP contribution in [0, 0.1) is 0 Å². The van der Waals surface area contributed by atoms with Gasteiger partial charge in [0.1, 0.15) is 12.7 Å². The number of benzene rings is 1. The molecular weight excluding hydrogens is 473 g/mol. The molecule has 2 atom stereocenters. The number of nitrogens with one attached hydrogen (secondary N) is 1. The molecule has 3 N–H and O–H groups in total. The van der Waals surface area contributed by atoms with E-state index in [-0.39, 0.29) is 11.3 Å². The molecule has 1 aromatic carbocycles. The fraction of sp³-hybridized carbons (Fsp3) is 0.300. The van der Waals surface area contributed by atoms with Gasteiger partial charge in [0.25, 0.3) is 0 Å². The number of esters is 1. The van der Waals surface area contributed by atoms with Gasteiger partial charge in [0.2, 0.25) is 5.72 Å². The molecule has 4 rings (SSSR count). The third-order valence-electron chi connectivity index (χ3n) is 5.69. The van der Waals surface area contributed by atoms with Gasteiger partial charge >= 0.3 is 16.2 Å². The van der Waals surface area contributed by atoms with Crippen LogP contribution in [0.3, 0.4) is 0 Å². The standard InChI is InChI=1S/C20H20FN5O7S/c1-19(29)15(27)13(8-32-18(28)11-4-6-12(7-5-11)34(21,30)31)33-20(19,2)26-10-25-14-16(22-3)23-9-24-17(14)26/h4-7,9-10,27,29H,8H2,1-3H3,(H,22,23,24). The quantitative estimate of drug-likeness (QED) is 0.337. The topological polar surface area (TPSA) is 166 Å². The van der Waals surface area contributed by atoms with Crippen LogP contribution in [0.2, 0.25) is 0 Å². The molecule has 0 saturated carbocycles. The van der Waals surface area contributed by atoms with E-state index in [0.29, 0.717) is 17.0 Å². The van der Waals surface area contributed by atoms with Crippen molar-refractivity contribution in [3.8, 4) is 0 Å². The lowest BCUT2D eigenvalue weighted by atomic mass is 9.93. The van der Waals surface area contributed by atoms with Gasteiger partial charge in [0, 0.05) is 7.05 Å². The maximum Gasteiger partial charge on any atom is 0.338 e. The first-order valence-corrected chi connectivity index (χ1v) is 11.2. The molecule has 0 bridgehead atoms. The van der Waals surface area contributed by atoms with Crippen LogP contribution >= 0.6 is 0 Å². The number of imidazole rings is 1. The summed E-state index contributed by atoms with van der Waals surface area (Å²) in [5, 5.41) is 24.7. The van der Waals surface area contributed by atoms with Crippen LogP contribution in [-0.2, 0) is 25.4 Å². The van der Waals surface area contributed by atoms with Crippen LogP contribution < -0.4 is 5.32 Å². The SMILES string of the molecule is CNc1ncnc2c1ncn2C1(C)OC(COC(=O)c2ccc(S(=O)(=O)F)cc2)=C(O)C1(C)O. The number of aliphatic hydroxyl groups is 2. The first kappa shape index (κ1) is 23.4. The highest BCUT2D eigenvalue weighted by Crippen LogP contribution is 2.46. The van der Waals surface area contributed by atoms with E-state index in [1.807, 2.05) is 0 Å². The molecule has 0 aliphatic carbocycles. The number of aliphatic hydroxyl groups excluding tert-OH is 1. The summed E-state index contributed by atoms with van der Waals surface area (Å²) >= 11 is 0. The Labute approximate surface area is 192 Å². The predicted molar refractivity (Wildman–Crippen MR) is 115 cm³/mol. The van der Waals surface area contributed by atoms with Crippen molar-refractivity contribution in [1.29, 1.82) is 0 Å². The third kappa shape index (κ3) is 3.60. The molecule has 0 radical (unpaired) electrons. The Morgan fingerprint density at radius 3 is 2.53 bits per heavy atom. The van der Waals surface area contributed by atoms with Crippen molar-refractivity contribution in [3.63, 3.8) is 0 Å². The Balaban J connectivity index is 1.57. The minimum Gasteiger partial charge on any atom is -0.506 e. The highest BCUT2D eigenvalue weighted by molar-refractivity contribution is 7.86. The van der Waals surface area contributed by atoms with Gasteiger partial charge in [-0.1, -0.05) is 0 Å². The van der Waals surface area contributed by atoms with Crippen LogP contribution in [0.25, 0.3) is 11.2 Å². The van der Waals surface area contributed by atoms with Gasteiger partial charge in [0.05, 0.1) is 10.5 Å². The van der Waals surface area contributed by atoms with E-state index in [9.17, 15) is 27.3 Å². The molecule has 14 heteroatoms. The van der Waals surface area contributed by atoms with Gasteiger partial charge in [0.15, 0.2) is 40.7 Å². The summed E-state index contributed by atoms with van der Waals surface area (Å²) in [7, 11) is -3.25. The minimum absolute atomic E-state index is 0.0584. The van der Waals surface area contributed by atoms with Crippen molar-refractivity contribution in [2.75, 3.05) is 19.0 Å². The number of hydrogen-bond acceptors (Lipinski definition) is 11. The zero-order valence-corrected chi connectivity index (χ0v) is 19.0. The number of halogens is 1. The molecule has 0 amide bonds. The van der Waals surface area contributed by atoms with Crippen molar-refractivity contribution < 1.29 is 36.8 Å². The number of carbonyl (C=O) groups is 1. The summed E-state index contributed by atoms with van der Waals surface area (Å²) in [6, 6.07) is 4.00. The number of aromatic nitrogens is 4. The second-order valence-corrected chi connectivity index (χ2v) is 9.07. The molecule has 3 aromatic rings. The Hall–Kier alpha value is -3.78. The third-order valence-corrected chi connectivity index (χ3v) is 6.52. The first-order valence-electron chi connectivity index (χ1n) is 9.82. The van der Waals surface area contributed by atoms with Crippen molar-refractivity contribution in [2.24, 2.45) is 0 Å². The number of rotatable bonds is 6. The van der Waals surface area contributed by atoms with E-state index in [1.165, 1.54) is 31.1 Å². The molecule has 0 fully saturated rings. The first-order chi connectivity index (χ1) is 15.9. The molecule has 3 heterocycles. The number of carbonyl (C=O) groups excluding carboxylic acids is 1. The Bertz CT molecular complexity index is 1420. The maximum absolute atomic E-state index is 13.0. The smallest absolute Gasteiger partial charge is 0.338 e. The Kier molecular flexibility index (Phi) is 5.44. The molecule has 12 nitrogen and oxygen atoms in total. The monoisotopic (exact) mass is 493 g/mol.